The number of ether oxygens (including phenoxy) is 2. The fourth-order valence-electron chi connectivity index (χ4n) is 1.76. The summed E-state index contributed by atoms with van der Waals surface area (Å²) in [6, 6.07) is 7.67. The standard InChI is InChI=1S/C15H22O3/c1-4-7-12-8-10-13(11-9-12)14(16)15(17-5-2)18-6-3/h8-11,15H,4-7H2,1-3H3. The van der Waals surface area contributed by atoms with Gasteiger partial charge < -0.3 is 9.47 Å². The van der Waals surface area contributed by atoms with Gasteiger partial charge in [-0.15, -0.1) is 0 Å². The van der Waals surface area contributed by atoms with Gasteiger partial charge in [0.2, 0.25) is 12.1 Å². The number of aryl methyl sites for hydroxylation is 1. The molecular weight excluding hydrogens is 228 g/mol. The third kappa shape index (κ3) is 4.24. The summed E-state index contributed by atoms with van der Waals surface area (Å²) >= 11 is 0. The fourth-order valence-corrected chi connectivity index (χ4v) is 1.76. The minimum absolute atomic E-state index is 0.109. The lowest BCUT2D eigenvalue weighted by Gasteiger charge is -2.15. The summed E-state index contributed by atoms with van der Waals surface area (Å²) in [5.74, 6) is -0.109. The van der Waals surface area contributed by atoms with Gasteiger partial charge in [-0.05, 0) is 25.8 Å². The average Bonchev–Trinajstić information content (AvgIpc) is 2.39. The molecule has 18 heavy (non-hydrogen) atoms. The van der Waals surface area contributed by atoms with Gasteiger partial charge in [-0.3, -0.25) is 4.79 Å². The molecule has 0 amide bonds. The first-order valence-corrected chi connectivity index (χ1v) is 6.59. The molecule has 0 saturated heterocycles. The van der Waals surface area contributed by atoms with Crippen molar-refractivity contribution in [3.05, 3.63) is 35.4 Å². The average molecular weight is 250 g/mol. The monoisotopic (exact) mass is 250 g/mol. The van der Waals surface area contributed by atoms with E-state index in [1.165, 1.54) is 5.56 Å². The molecule has 1 rings (SSSR count). The first-order valence-electron chi connectivity index (χ1n) is 6.59. The second-order valence-electron chi connectivity index (χ2n) is 4.05. The van der Waals surface area contributed by atoms with E-state index in [1.54, 1.807) is 0 Å². The van der Waals surface area contributed by atoms with Crippen LogP contribution in [0, 0.1) is 0 Å². The first kappa shape index (κ1) is 14.9. The van der Waals surface area contributed by atoms with Crippen LogP contribution in [0.15, 0.2) is 24.3 Å². The van der Waals surface area contributed by atoms with E-state index in [1.807, 2.05) is 38.1 Å². The van der Waals surface area contributed by atoms with Crippen LogP contribution in [0.4, 0.5) is 0 Å². The van der Waals surface area contributed by atoms with Gasteiger partial charge in [-0.1, -0.05) is 37.6 Å². The topological polar surface area (TPSA) is 35.5 Å². The van der Waals surface area contributed by atoms with Crippen molar-refractivity contribution in [3.8, 4) is 0 Å². The minimum Gasteiger partial charge on any atom is -0.346 e. The summed E-state index contributed by atoms with van der Waals surface area (Å²) in [4.78, 5) is 12.1. The van der Waals surface area contributed by atoms with Gasteiger partial charge in [0.25, 0.3) is 0 Å². The van der Waals surface area contributed by atoms with Crippen LogP contribution in [0.25, 0.3) is 0 Å². The maximum absolute atomic E-state index is 12.1. The number of carbonyl (C=O) groups is 1. The number of rotatable bonds is 8. The summed E-state index contributed by atoms with van der Waals surface area (Å²) in [6.45, 7) is 6.77. The van der Waals surface area contributed by atoms with Gasteiger partial charge in [-0.25, -0.2) is 0 Å². The van der Waals surface area contributed by atoms with Crippen LogP contribution in [0.5, 0.6) is 0 Å². The molecule has 0 atom stereocenters. The van der Waals surface area contributed by atoms with Gasteiger partial charge in [0.1, 0.15) is 0 Å². The molecule has 0 bridgehead atoms. The third-order valence-corrected chi connectivity index (χ3v) is 2.63. The molecule has 0 N–H and O–H groups in total. The van der Waals surface area contributed by atoms with Crippen molar-refractivity contribution in [3.63, 3.8) is 0 Å². The predicted molar refractivity (Wildman–Crippen MR) is 71.8 cm³/mol. The van der Waals surface area contributed by atoms with Gasteiger partial charge >= 0.3 is 0 Å². The Balaban J connectivity index is 2.74. The van der Waals surface area contributed by atoms with Gasteiger partial charge in [-0.2, -0.15) is 0 Å². The van der Waals surface area contributed by atoms with Crippen LogP contribution in [-0.2, 0) is 15.9 Å². The zero-order valence-corrected chi connectivity index (χ0v) is 11.4. The molecule has 1 aromatic carbocycles. The second-order valence-corrected chi connectivity index (χ2v) is 4.05. The molecule has 0 unspecified atom stereocenters. The maximum Gasteiger partial charge on any atom is 0.222 e. The number of hydrogen-bond acceptors (Lipinski definition) is 3. The highest BCUT2D eigenvalue weighted by Gasteiger charge is 2.20. The number of carbonyl (C=O) groups excluding carboxylic acids is 1. The van der Waals surface area contributed by atoms with Crippen molar-refractivity contribution in [2.75, 3.05) is 13.2 Å². The molecule has 1 aromatic rings. The number of ketones is 1. The molecule has 0 spiro atoms. The zero-order valence-electron chi connectivity index (χ0n) is 11.4. The molecule has 100 valence electrons. The highest BCUT2D eigenvalue weighted by molar-refractivity contribution is 5.98. The van der Waals surface area contributed by atoms with Crippen LogP contribution >= 0.6 is 0 Å². The predicted octanol–water partition coefficient (Wildman–Crippen LogP) is 3.22. The van der Waals surface area contributed by atoms with E-state index >= 15 is 0 Å². The van der Waals surface area contributed by atoms with Crippen LogP contribution in [0.2, 0.25) is 0 Å². The van der Waals surface area contributed by atoms with Crippen molar-refractivity contribution in [2.24, 2.45) is 0 Å². The molecule has 0 saturated carbocycles. The summed E-state index contributed by atoms with van der Waals surface area (Å²) in [5.41, 5.74) is 1.89. The highest BCUT2D eigenvalue weighted by atomic mass is 16.7. The van der Waals surface area contributed by atoms with Gasteiger partial charge in [0.15, 0.2) is 0 Å². The molecule has 3 nitrogen and oxygen atoms in total. The highest BCUT2D eigenvalue weighted by Crippen LogP contribution is 2.11. The lowest BCUT2D eigenvalue weighted by molar-refractivity contribution is -0.107. The quantitative estimate of drug-likeness (QED) is 0.525. The fraction of sp³-hybridized carbons (Fsp3) is 0.533. The van der Waals surface area contributed by atoms with Crippen molar-refractivity contribution >= 4 is 5.78 Å². The van der Waals surface area contributed by atoms with E-state index in [0.29, 0.717) is 18.8 Å². The molecule has 0 aliphatic heterocycles. The Bertz CT molecular complexity index is 351. The van der Waals surface area contributed by atoms with E-state index in [9.17, 15) is 4.79 Å². The molecule has 0 fully saturated rings. The summed E-state index contributed by atoms with van der Waals surface area (Å²) in [5, 5.41) is 0. The van der Waals surface area contributed by atoms with E-state index in [-0.39, 0.29) is 5.78 Å². The largest absolute Gasteiger partial charge is 0.346 e. The molecule has 0 aromatic heterocycles. The molecule has 0 aliphatic carbocycles. The van der Waals surface area contributed by atoms with Crippen molar-refractivity contribution < 1.29 is 14.3 Å². The smallest absolute Gasteiger partial charge is 0.222 e. The Kier molecular flexibility index (Phi) is 6.61. The zero-order chi connectivity index (χ0) is 13.4. The lowest BCUT2D eigenvalue weighted by atomic mass is 10.1. The van der Waals surface area contributed by atoms with Crippen LogP contribution in [0.1, 0.15) is 43.1 Å². The summed E-state index contributed by atoms with van der Waals surface area (Å²) in [7, 11) is 0. The number of benzene rings is 1. The molecule has 3 heteroatoms. The van der Waals surface area contributed by atoms with E-state index in [2.05, 4.69) is 6.92 Å². The number of hydrogen-bond donors (Lipinski definition) is 0. The lowest BCUT2D eigenvalue weighted by Crippen LogP contribution is -2.27. The van der Waals surface area contributed by atoms with E-state index in [4.69, 9.17) is 9.47 Å². The second kappa shape index (κ2) is 8.01. The Morgan fingerprint density at radius 1 is 1.06 bits per heavy atom. The van der Waals surface area contributed by atoms with Crippen molar-refractivity contribution in [1.82, 2.24) is 0 Å². The molecular formula is C15H22O3. The summed E-state index contributed by atoms with van der Waals surface area (Å²) in [6.07, 6.45) is 1.36. The van der Waals surface area contributed by atoms with Crippen LogP contribution < -0.4 is 0 Å². The molecule has 0 aliphatic rings. The number of Topliss-reactive ketones (excluding diaryl/α,β-unsaturated/α-hetero) is 1. The molecule has 0 radical (unpaired) electrons. The minimum atomic E-state index is -0.781. The SMILES string of the molecule is CCCc1ccc(C(=O)C(OCC)OCC)cc1. The summed E-state index contributed by atoms with van der Waals surface area (Å²) < 4.78 is 10.6. The third-order valence-electron chi connectivity index (χ3n) is 2.63. The normalized spacial score (nSPS) is 10.9. The molecule has 0 heterocycles. The van der Waals surface area contributed by atoms with Crippen molar-refractivity contribution in [2.45, 2.75) is 39.9 Å². The van der Waals surface area contributed by atoms with E-state index < -0.39 is 6.29 Å². The maximum atomic E-state index is 12.1. The first-order chi connectivity index (χ1) is 8.72. The van der Waals surface area contributed by atoms with Gasteiger partial charge in [0.05, 0.1) is 0 Å². The van der Waals surface area contributed by atoms with E-state index in [0.717, 1.165) is 12.8 Å². The van der Waals surface area contributed by atoms with Gasteiger partial charge in [0, 0.05) is 18.8 Å². The Morgan fingerprint density at radius 2 is 1.61 bits per heavy atom. The van der Waals surface area contributed by atoms with Crippen LogP contribution in [-0.4, -0.2) is 25.3 Å². The van der Waals surface area contributed by atoms with Crippen molar-refractivity contribution in [1.29, 1.82) is 0 Å². The Morgan fingerprint density at radius 3 is 2.06 bits per heavy atom. The van der Waals surface area contributed by atoms with Crippen LogP contribution in [0.3, 0.4) is 0 Å². The Hall–Kier alpha value is -1.19. The Labute approximate surface area is 109 Å².